The molecule has 0 aliphatic carbocycles. The first-order valence-electron chi connectivity index (χ1n) is 9.62. The quantitative estimate of drug-likeness (QED) is 0.631. The van der Waals surface area contributed by atoms with Gasteiger partial charge in [-0.1, -0.05) is 36.4 Å². The Morgan fingerprint density at radius 3 is 2.41 bits per heavy atom. The summed E-state index contributed by atoms with van der Waals surface area (Å²) < 4.78 is 5.04. The van der Waals surface area contributed by atoms with Gasteiger partial charge in [0, 0.05) is 22.5 Å². The first-order valence-corrected chi connectivity index (χ1v) is 9.62. The third-order valence-electron chi connectivity index (χ3n) is 5.04. The summed E-state index contributed by atoms with van der Waals surface area (Å²) in [5, 5.41) is 3.45. The number of carbonyl (C=O) groups excluding carboxylic acids is 2. The van der Waals surface area contributed by atoms with Crippen LogP contribution in [0.4, 0.5) is 11.4 Å². The zero-order valence-electron chi connectivity index (χ0n) is 16.4. The van der Waals surface area contributed by atoms with E-state index in [1.807, 2.05) is 67.6 Å². The Morgan fingerprint density at radius 1 is 1.00 bits per heavy atom. The van der Waals surface area contributed by atoms with E-state index in [2.05, 4.69) is 5.32 Å². The number of rotatable bonds is 5. The van der Waals surface area contributed by atoms with E-state index in [1.165, 1.54) is 0 Å². The molecule has 1 atom stereocenters. The number of fused-ring (bicyclic) bond motifs is 1. The lowest BCUT2D eigenvalue weighted by Gasteiger charge is -2.28. The summed E-state index contributed by atoms with van der Waals surface area (Å²) in [5.74, 6) is -0.377. The smallest absolute Gasteiger partial charge is 0.338 e. The normalized spacial score (nSPS) is 15.2. The second-order valence-electron chi connectivity index (χ2n) is 6.89. The summed E-state index contributed by atoms with van der Waals surface area (Å²) in [6.07, 6.45) is -0.340. The van der Waals surface area contributed by atoms with Gasteiger partial charge in [0.1, 0.15) is 6.17 Å². The monoisotopic (exact) mass is 386 g/mol. The number of aryl methyl sites for hydroxylation is 1. The highest BCUT2D eigenvalue weighted by Gasteiger charge is 2.38. The molecule has 1 aliphatic rings. The van der Waals surface area contributed by atoms with Gasteiger partial charge in [-0.15, -0.1) is 0 Å². The van der Waals surface area contributed by atoms with E-state index in [4.69, 9.17) is 4.74 Å². The van der Waals surface area contributed by atoms with Crippen molar-refractivity contribution in [2.75, 3.05) is 16.8 Å². The second-order valence-corrected chi connectivity index (χ2v) is 6.89. The molecule has 1 N–H and O–H groups in total. The number of para-hydroxylation sites is 1. The number of nitrogens with one attached hydrogen (secondary N) is 1. The topological polar surface area (TPSA) is 58.6 Å². The first-order chi connectivity index (χ1) is 14.1. The minimum Gasteiger partial charge on any atom is -0.462 e. The number of nitrogens with zero attached hydrogens (tertiary/aromatic N) is 1. The van der Waals surface area contributed by atoms with E-state index in [0.29, 0.717) is 17.7 Å². The van der Waals surface area contributed by atoms with Crippen LogP contribution in [0.3, 0.4) is 0 Å². The van der Waals surface area contributed by atoms with Gasteiger partial charge < -0.3 is 10.1 Å². The minimum absolute atomic E-state index is 0.0319. The first kappa shape index (κ1) is 18.7. The van der Waals surface area contributed by atoms with Crippen LogP contribution in [-0.4, -0.2) is 18.5 Å². The average Bonchev–Trinajstić information content (AvgIpc) is 3.01. The summed E-state index contributed by atoms with van der Waals surface area (Å²) in [4.78, 5) is 26.9. The highest BCUT2D eigenvalue weighted by Crippen LogP contribution is 2.39. The van der Waals surface area contributed by atoms with Gasteiger partial charge in [0.05, 0.1) is 12.2 Å². The van der Waals surface area contributed by atoms with Crippen molar-refractivity contribution in [2.24, 2.45) is 0 Å². The number of ether oxygens (including phenoxy) is 1. The number of anilines is 2. The lowest BCUT2D eigenvalue weighted by Crippen LogP contribution is -2.32. The maximum absolute atomic E-state index is 13.2. The van der Waals surface area contributed by atoms with Crippen molar-refractivity contribution in [3.63, 3.8) is 0 Å². The van der Waals surface area contributed by atoms with Crippen molar-refractivity contribution >= 4 is 23.3 Å². The molecule has 0 radical (unpaired) electrons. The van der Waals surface area contributed by atoms with E-state index in [-0.39, 0.29) is 18.0 Å². The van der Waals surface area contributed by atoms with Crippen LogP contribution in [0.5, 0.6) is 0 Å². The SMILES string of the molecule is CCOC(=O)c1ccc(N[C@H]2c3ccccc3C(=O)N2c2ccccc2C)cc1. The van der Waals surface area contributed by atoms with Gasteiger partial charge in [-0.25, -0.2) is 4.79 Å². The van der Waals surface area contributed by atoms with Gasteiger partial charge in [-0.05, 0) is 55.8 Å². The molecule has 4 rings (SSSR count). The minimum atomic E-state index is -0.345. The standard InChI is InChI=1S/C24H22N2O3/c1-3-29-24(28)17-12-14-18(15-13-17)25-22-19-9-5-6-10-20(19)23(27)26(22)21-11-7-4-8-16(21)2/h4-15,22,25H,3H2,1-2H3/t22-/m1/s1. The summed E-state index contributed by atoms with van der Waals surface area (Å²) in [5.41, 5.74) is 4.82. The Morgan fingerprint density at radius 2 is 1.69 bits per heavy atom. The Hall–Kier alpha value is -3.60. The molecule has 1 aliphatic heterocycles. The van der Waals surface area contributed by atoms with Gasteiger partial charge in [0.2, 0.25) is 0 Å². The molecular weight excluding hydrogens is 364 g/mol. The van der Waals surface area contributed by atoms with Crippen LogP contribution >= 0.6 is 0 Å². The van der Waals surface area contributed by atoms with Crippen LogP contribution in [0.15, 0.2) is 72.8 Å². The van der Waals surface area contributed by atoms with Gasteiger partial charge in [0.25, 0.3) is 5.91 Å². The van der Waals surface area contributed by atoms with Crippen LogP contribution in [0.1, 0.15) is 44.9 Å². The number of carbonyl (C=O) groups is 2. The molecule has 146 valence electrons. The molecule has 0 unspecified atom stereocenters. The lowest BCUT2D eigenvalue weighted by atomic mass is 10.1. The maximum Gasteiger partial charge on any atom is 0.338 e. The van der Waals surface area contributed by atoms with Gasteiger partial charge in [0.15, 0.2) is 0 Å². The molecule has 29 heavy (non-hydrogen) atoms. The molecule has 3 aromatic carbocycles. The van der Waals surface area contributed by atoms with E-state index in [0.717, 1.165) is 22.5 Å². The largest absolute Gasteiger partial charge is 0.462 e. The van der Waals surface area contributed by atoms with E-state index in [1.54, 1.807) is 24.0 Å². The molecule has 5 nitrogen and oxygen atoms in total. The van der Waals surface area contributed by atoms with Gasteiger partial charge in [-0.3, -0.25) is 9.69 Å². The maximum atomic E-state index is 13.2. The summed E-state index contributed by atoms with van der Waals surface area (Å²) in [7, 11) is 0. The molecule has 0 bridgehead atoms. The van der Waals surface area contributed by atoms with Crippen LogP contribution in [0.2, 0.25) is 0 Å². The fourth-order valence-electron chi connectivity index (χ4n) is 3.62. The van der Waals surface area contributed by atoms with Crippen molar-refractivity contribution < 1.29 is 14.3 Å². The Bertz CT molecular complexity index is 1060. The Balaban J connectivity index is 1.69. The average molecular weight is 386 g/mol. The molecule has 0 spiro atoms. The summed E-state index contributed by atoms with van der Waals surface area (Å²) in [6.45, 7) is 4.12. The van der Waals surface area contributed by atoms with E-state index in [9.17, 15) is 9.59 Å². The number of benzene rings is 3. The fourth-order valence-corrected chi connectivity index (χ4v) is 3.62. The van der Waals surface area contributed by atoms with Crippen LogP contribution in [-0.2, 0) is 4.74 Å². The molecule has 0 saturated carbocycles. The van der Waals surface area contributed by atoms with E-state index >= 15 is 0 Å². The number of hydrogen-bond acceptors (Lipinski definition) is 4. The van der Waals surface area contributed by atoms with Crippen molar-refractivity contribution in [1.82, 2.24) is 0 Å². The molecule has 0 aromatic heterocycles. The molecule has 1 heterocycles. The van der Waals surface area contributed by atoms with Crippen molar-refractivity contribution in [3.8, 4) is 0 Å². The molecule has 3 aromatic rings. The van der Waals surface area contributed by atoms with Crippen molar-refractivity contribution in [1.29, 1.82) is 0 Å². The third-order valence-corrected chi connectivity index (χ3v) is 5.04. The Kier molecular flexibility index (Phi) is 5.04. The molecule has 5 heteroatoms. The van der Waals surface area contributed by atoms with Crippen molar-refractivity contribution in [3.05, 3.63) is 95.1 Å². The van der Waals surface area contributed by atoms with Crippen molar-refractivity contribution in [2.45, 2.75) is 20.0 Å². The molecule has 0 fully saturated rings. The molecule has 1 amide bonds. The third kappa shape index (κ3) is 3.47. The second kappa shape index (κ2) is 7.80. The predicted octanol–water partition coefficient (Wildman–Crippen LogP) is 4.94. The highest BCUT2D eigenvalue weighted by atomic mass is 16.5. The molecular formula is C24H22N2O3. The molecule has 0 saturated heterocycles. The van der Waals surface area contributed by atoms with Crippen LogP contribution in [0.25, 0.3) is 0 Å². The zero-order chi connectivity index (χ0) is 20.4. The number of hydrogen-bond donors (Lipinski definition) is 1. The van der Waals surface area contributed by atoms with E-state index < -0.39 is 0 Å². The zero-order valence-corrected chi connectivity index (χ0v) is 16.4. The van der Waals surface area contributed by atoms with Gasteiger partial charge in [-0.2, -0.15) is 0 Å². The summed E-state index contributed by atoms with van der Waals surface area (Å²) in [6, 6.07) is 22.6. The lowest BCUT2D eigenvalue weighted by molar-refractivity contribution is 0.0526. The Labute approximate surface area is 169 Å². The number of amides is 1. The summed E-state index contributed by atoms with van der Waals surface area (Å²) >= 11 is 0. The predicted molar refractivity (Wildman–Crippen MR) is 113 cm³/mol. The van der Waals surface area contributed by atoms with Gasteiger partial charge >= 0.3 is 5.97 Å². The highest BCUT2D eigenvalue weighted by molar-refractivity contribution is 6.11. The van der Waals surface area contributed by atoms with Crippen LogP contribution in [0, 0.1) is 6.92 Å². The van der Waals surface area contributed by atoms with Crippen LogP contribution < -0.4 is 10.2 Å². The number of esters is 1. The fraction of sp³-hybridized carbons (Fsp3) is 0.167.